The number of ether oxygens (including phenoxy) is 1. The third-order valence-electron chi connectivity index (χ3n) is 4.32. The molecule has 0 aliphatic carbocycles. The number of fused-ring (bicyclic) bond motifs is 1. The van der Waals surface area contributed by atoms with Crippen LogP contribution in [0.2, 0.25) is 0 Å². The van der Waals surface area contributed by atoms with E-state index < -0.39 is 11.4 Å². The van der Waals surface area contributed by atoms with E-state index in [1.807, 2.05) is 19.1 Å². The van der Waals surface area contributed by atoms with Gasteiger partial charge in [0.25, 0.3) is 0 Å². The summed E-state index contributed by atoms with van der Waals surface area (Å²) in [5.41, 5.74) is 0.619. The molecule has 0 bridgehead atoms. The fourth-order valence-corrected chi connectivity index (χ4v) is 2.94. The number of aryl methyl sites for hydroxylation is 1. The van der Waals surface area contributed by atoms with Crippen molar-refractivity contribution < 1.29 is 13.9 Å². The maximum absolute atomic E-state index is 12.0. The molecule has 1 N–H and O–H groups in total. The molecule has 0 unspecified atom stereocenters. The lowest BCUT2D eigenvalue weighted by atomic mass is 10.1. The van der Waals surface area contributed by atoms with Crippen LogP contribution in [0.25, 0.3) is 11.0 Å². The molecule has 1 aromatic heterocycles. The summed E-state index contributed by atoms with van der Waals surface area (Å²) in [5.74, 6) is -0.0867. The zero-order valence-corrected chi connectivity index (χ0v) is 13.8. The standard InChI is InChI=1S/C17H19BN2O4/c1-10-14(23-12-5-7-20(2)8-6-12)4-3-11-9-13(19-17(18)22)16(21)24-15(10)11/h3-4,9,12H,5-8H2,1-2H3,(H,19,22). The van der Waals surface area contributed by atoms with Crippen molar-refractivity contribution >= 4 is 30.3 Å². The molecule has 1 saturated heterocycles. The summed E-state index contributed by atoms with van der Waals surface area (Å²) in [4.78, 5) is 25.2. The number of nitrogens with one attached hydrogen (secondary N) is 1. The molecule has 2 aromatic rings. The van der Waals surface area contributed by atoms with E-state index in [1.54, 1.807) is 6.07 Å². The molecular formula is C17H19BN2O4. The van der Waals surface area contributed by atoms with Gasteiger partial charge in [-0.2, -0.15) is 0 Å². The first-order valence-corrected chi connectivity index (χ1v) is 7.93. The highest BCUT2D eigenvalue weighted by Crippen LogP contribution is 2.29. The largest absolute Gasteiger partial charge is 0.490 e. The Balaban J connectivity index is 1.90. The van der Waals surface area contributed by atoms with Crippen LogP contribution in [0.3, 0.4) is 0 Å². The third kappa shape index (κ3) is 3.46. The van der Waals surface area contributed by atoms with Crippen molar-refractivity contribution in [3.8, 4) is 5.75 Å². The van der Waals surface area contributed by atoms with Gasteiger partial charge in [0.05, 0.1) is 0 Å². The molecule has 2 heterocycles. The molecule has 2 radical (unpaired) electrons. The van der Waals surface area contributed by atoms with Crippen LogP contribution >= 0.6 is 0 Å². The fourth-order valence-electron chi connectivity index (χ4n) is 2.94. The summed E-state index contributed by atoms with van der Waals surface area (Å²) >= 11 is 0. The second-order valence-corrected chi connectivity index (χ2v) is 6.16. The number of nitrogens with zero attached hydrogens (tertiary/aromatic N) is 1. The highest BCUT2D eigenvalue weighted by Gasteiger charge is 2.20. The first-order valence-electron chi connectivity index (χ1n) is 7.93. The van der Waals surface area contributed by atoms with Gasteiger partial charge in [-0.3, -0.25) is 4.79 Å². The highest BCUT2D eigenvalue weighted by atomic mass is 16.5. The van der Waals surface area contributed by atoms with Gasteiger partial charge < -0.3 is 19.4 Å². The average Bonchev–Trinajstić information content (AvgIpc) is 2.53. The van der Waals surface area contributed by atoms with E-state index in [-0.39, 0.29) is 11.8 Å². The number of carbonyl (C=O) groups is 1. The highest BCUT2D eigenvalue weighted by molar-refractivity contribution is 6.60. The molecule has 1 aromatic carbocycles. The quantitative estimate of drug-likeness (QED) is 0.692. The molecule has 7 heteroatoms. The first kappa shape index (κ1) is 16.6. The number of hydrogen-bond acceptors (Lipinski definition) is 5. The molecule has 0 saturated carbocycles. The Kier molecular flexibility index (Phi) is 4.62. The summed E-state index contributed by atoms with van der Waals surface area (Å²) in [6, 6.07) is 5.23. The van der Waals surface area contributed by atoms with Crippen molar-refractivity contribution in [3.63, 3.8) is 0 Å². The van der Waals surface area contributed by atoms with Crippen LogP contribution in [0, 0.1) is 6.92 Å². The van der Waals surface area contributed by atoms with Crippen molar-refractivity contribution in [3.05, 3.63) is 34.2 Å². The normalized spacial score (nSPS) is 16.2. The lowest BCUT2D eigenvalue weighted by Gasteiger charge is -2.29. The monoisotopic (exact) mass is 326 g/mol. The number of carbonyl (C=O) groups excluding carboxylic acids is 1. The van der Waals surface area contributed by atoms with Gasteiger partial charge in [-0.05, 0) is 45.0 Å². The second-order valence-electron chi connectivity index (χ2n) is 6.16. The van der Waals surface area contributed by atoms with E-state index >= 15 is 0 Å². The predicted octanol–water partition coefficient (Wildman–Crippen LogP) is 2.27. The molecule has 1 fully saturated rings. The van der Waals surface area contributed by atoms with Crippen molar-refractivity contribution in [2.45, 2.75) is 25.9 Å². The number of hydrogen-bond donors (Lipinski definition) is 1. The van der Waals surface area contributed by atoms with Crippen LogP contribution < -0.4 is 15.7 Å². The second kappa shape index (κ2) is 6.69. The third-order valence-corrected chi connectivity index (χ3v) is 4.32. The number of rotatable bonds is 3. The summed E-state index contributed by atoms with van der Waals surface area (Å²) in [7, 11) is 7.15. The molecular weight excluding hydrogens is 307 g/mol. The molecule has 1 aliphatic heterocycles. The molecule has 124 valence electrons. The Morgan fingerprint density at radius 1 is 1.38 bits per heavy atom. The van der Waals surface area contributed by atoms with E-state index in [0.29, 0.717) is 11.0 Å². The number of likely N-dealkylation sites (tertiary alicyclic amines) is 1. The topological polar surface area (TPSA) is 71.8 Å². The van der Waals surface area contributed by atoms with Crippen molar-refractivity contribution in [1.82, 2.24) is 4.90 Å². The van der Waals surface area contributed by atoms with Crippen molar-refractivity contribution in [2.75, 3.05) is 25.5 Å². The summed E-state index contributed by atoms with van der Waals surface area (Å²) in [6.45, 7) is 3.87. The van der Waals surface area contributed by atoms with Crippen molar-refractivity contribution in [1.29, 1.82) is 0 Å². The van der Waals surface area contributed by atoms with Gasteiger partial charge in [0.1, 0.15) is 23.1 Å². The van der Waals surface area contributed by atoms with Gasteiger partial charge in [0.2, 0.25) is 7.85 Å². The molecule has 0 spiro atoms. The molecule has 1 aliphatic rings. The number of anilines is 1. The van der Waals surface area contributed by atoms with Crippen LogP contribution in [0.15, 0.2) is 27.4 Å². The number of piperidine rings is 1. The number of benzene rings is 1. The molecule has 0 atom stereocenters. The minimum Gasteiger partial charge on any atom is -0.490 e. The van der Waals surface area contributed by atoms with E-state index in [1.165, 1.54) is 0 Å². The van der Waals surface area contributed by atoms with Crippen LogP contribution in [0.1, 0.15) is 18.4 Å². The van der Waals surface area contributed by atoms with E-state index in [2.05, 4.69) is 17.3 Å². The van der Waals surface area contributed by atoms with Crippen molar-refractivity contribution in [2.24, 2.45) is 0 Å². The summed E-state index contributed by atoms with van der Waals surface area (Å²) in [6.07, 6.45) is 2.11. The Hall–Kier alpha value is -2.28. The fraction of sp³-hybridized carbons (Fsp3) is 0.412. The minimum atomic E-state index is -0.805. The lowest BCUT2D eigenvalue weighted by molar-refractivity contribution is 0.113. The van der Waals surface area contributed by atoms with Crippen LogP contribution in [0.5, 0.6) is 5.75 Å². The number of amides is 1. The zero-order chi connectivity index (χ0) is 17.3. The van der Waals surface area contributed by atoms with E-state index in [4.69, 9.17) is 17.0 Å². The maximum Gasteiger partial charge on any atom is 0.360 e. The van der Waals surface area contributed by atoms with Crippen LogP contribution in [-0.4, -0.2) is 44.8 Å². The smallest absolute Gasteiger partial charge is 0.360 e. The Bertz CT molecular complexity index is 825. The van der Waals surface area contributed by atoms with Crippen LogP contribution in [0.4, 0.5) is 10.5 Å². The molecule has 24 heavy (non-hydrogen) atoms. The SMILES string of the molecule is [B]C(=O)Nc1cc2ccc(OC3CCN(C)CC3)c(C)c2oc1=O. The lowest BCUT2D eigenvalue weighted by Crippen LogP contribution is -2.35. The Morgan fingerprint density at radius 2 is 2.08 bits per heavy atom. The van der Waals surface area contributed by atoms with E-state index in [0.717, 1.165) is 37.2 Å². The van der Waals surface area contributed by atoms with Gasteiger partial charge in [0.15, 0.2) is 5.81 Å². The van der Waals surface area contributed by atoms with Gasteiger partial charge in [-0.25, -0.2) is 4.79 Å². The summed E-state index contributed by atoms with van der Waals surface area (Å²) < 4.78 is 11.5. The zero-order valence-electron chi connectivity index (χ0n) is 13.8. The maximum atomic E-state index is 12.0. The Morgan fingerprint density at radius 3 is 2.75 bits per heavy atom. The Labute approximate surface area is 141 Å². The molecule has 1 amide bonds. The molecule has 3 rings (SSSR count). The summed E-state index contributed by atoms with van der Waals surface area (Å²) in [5, 5.41) is 2.97. The predicted molar refractivity (Wildman–Crippen MR) is 93.1 cm³/mol. The van der Waals surface area contributed by atoms with Gasteiger partial charge >= 0.3 is 5.63 Å². The van der Waals surface area contributed by atoms with Gasteiger partial charge in [0, 0.05) is 24.0 Å². The first-order chi connectivity index (χ1) is 11.4. The average molecular weight is 326 g/mol. The van der Waals surface area contributed by atoms with Gasteiger partial charge in [-0.15, -0.1) is 0 Å². The molecule has 6 nitrogen and oxygen atoms in total. The van der Waals surface area contributed by atoms with E-state index in [9.17, 15) is 9.59 Å². The van der Waals surface area contributed by atoms with Gasteiger partial charge in [-0.1, -0.05) is 0 Å². The minimum absolute atomic E-state index is 0.0263. The van der Waals surface area contributed by atoms with Crippen LogP contribution in [-0.2, 0) is 0 Å².